The molecule has 0 atom stereocenters. The van der Waals surface area contributed by atoms with E-state index in [0.717, 1.165) is 0 Å². The van der Waals surface area contributed by atoms with Crippen molar-refractivity contribution in [2.75, 3.05) is 25.1 Å². The van der Waals surface area contributed by atoms with Gasteiger partial charge in [0.1, 0.15) is 18.0 Å². The first-order chi connectivity index (χ1) is 9.35. The van der Waals surface area contributed by atoms with E-state index in [0.29, 0.717) is 12.3 Å². The number of rotatable bonds is 7. The highest BCUT2D eigenvalue weighted by Crippen LogP contribution is 2.32. The zero-order valence-corrected chi connectivity index (χ0v) is 11.7. The zero-order chi connectivity index (χ0) is 15.3. The summed E-state index contributed by atoms with van der Waals surface area (Å²) in [5, 5.41) is 20.1. The fourth-order valence-electron chi connectivity index (χ4n) is 1.90. The summed E-state index contributed by atoms with van der Waals surface area (Å²) in [4.78, 5) is 23.0. The van der Waals surface area contributed by atoms with Crippen LogP contribution in [0.4, 0.5) is 11.4 Å². The molecule has 1 aromatic rings. The Kier molecular flexibility index (Phi) is 5.31. The highest BCUT2D eigenvalue weighted by Gasteiger charge is 2.22. The molecule has 110 valence electrons. The van der Waals surface area contributed by atoms with Gasteiger partial charge in [-0.2, -0.15) is 0 Å². The quantitative estimate of drug-likeness (QED) is 0.608. The first-order valence-electron chi connectivity index (χ1n) is 6.14. The Morgan fingerprint density at radius 3 is 2.60 bits per heavy atom. The number of methoxy groups -OCH3 is 1. The van der Waals surface area contributed by atoms with Crippen LogP contribution in [-0.2, 0) is 4.79 Å². The lowest BCUT2D eigenvalue weighted by atomic mass is 10.1. The van der Waals surface area contributed by atoms with E-state index >= 15 is 0 Å². The summed E-state index contributed by atoms with van der Waals surface area (Å²) in [7, 11) is 1.42. The maximum absolute atomic E-state index is 11.1. The molecule has 0 fully saturated rings. The summed E-state index contributed by atoms with van der Waals surface area (Å²) in [5.41, 5.74) is 0.123. The molecule has 0 bridgehead atoms. The van der Waals surface area contributed by atoms with Gasteiger partial charge in [-0.25, -0.2) is 0 Å². The maximum Gasteiger partial charge on any atom is 0.323 e. The molecular weight excluding hydrogens is 264 g/mol. The lowest BCUT2D eigenvalue weighted by molar-refractivity contribution is -0.384. The molecule has 0 aliphatic carbocycles. The van der Waals surface area contributed by atoms with Crippen molar-refractivity contribution in [1.82, 2.24) is 0 Å². The van der Waals surface area contributed by atoms with Crippen molar-refractivity contribution in [3.05, 3.63) is 28.3 Å². The minimum atomic E-state index is -1.03. The molecule has 7 heteroatoms. The van der Waals surface area contributed by atoms with Crippen LogP contribution in [0.15, 0.2) is 18.2 Å². The van der Waals surface area contributed by atoms with E-state index in [1.54, 1.807) is 6.07 Å². The number of anilines is 1. The smallest absolute Gasteiger partial charge is 0.323 e. The number of carbonyl (C=O) groups is 1. The van der Waals surface area contributed by atoms with Gasteiger partial charge in [-0.05, 0) is 18.1 Å². The minimum Gasteiger partial charge on any atom is -0.496 e. The van der Waals surface area contributed by atoms with Gasteiger partial charge in [-0.3, -0.25) is 14.9 Å². The van der Waals surface area contributed by atoms with E-state index < -0.39 is 10.9 Å². The van der Waals surface area contributed by atoms with Gasteiger partial charge in [0, 0.05) is 6.54 Å². The van der Waals surface area contributed by atoms with E-state index in [1.807, 2.05) is 13.8 Å². The van der Waals surface area contributed by atoms with Crippen LogP contribution >= 0.6 is 0 Å². The molecule has 0 heterocycles. The standard InChI is InChI=1S/C13H18N2O5/c1-9(2)7-14(8-13(16)17)11-5-4-10(20-3)6-12(11)15(18)19/h4-6,9H,7-8H2,1-3H3,(H,16,17). The SMILES string of the molecule is COc1ccc(N(CC(=O)O)CC(C)C)c([N+](=O)[O-])c1. The van der Waals surface area contributed by atoms with Gasteiger partial charge in [-0.15, -0.1) is 0 Å². The van der Waals surface area contributed by atoms with Gasteiger partial charge >= 0.3 is 5.97 Å². The van der Waals surface area contributed by atoms with Crippen molar-refractivity contribution in [3.63, 3.8) is 0 Å². The van der Waals surface area contributed by atoms with Crippen LogP contribution in [0.3, 0.4) is 0 Å². The van der Waals surface area contributed by atoms with Crippen molar-refractivity contribution in [2.45, 2.75) is 13.8 Å². The number of aliphatic carboxylic acids is 1. The zero-order valence-electron chi connectivity index (χ0n) is 11.7. The Bertz CT molecular complexity index is 502. The summed E-state index contributed by atoms with van der Waals surface area (Å²) in [5.74, 6) is -0.493. The average Bonchev–Trinajstić information content (AvgIpc) is 2.36. The lowest BCUT2D eigenvalue weighted by Gasteiger charge is -2.24. The molecular formula is C13H18N2O5. The number of ether oxygens (including phenoxy) is 1. The van der Waals surface area contributed by atoms with Gasteiger partial charge in [0.2, 0.25) is 0 Å². The Morgan fingerprint density at radius 1 is 1.50 bits per heavy atom. The Hall–Kier alpha value is -2.31. The van der Waals surface area contributed by atoms with E-state index in [2.05, 4.69) is 0 Å². The number of carboxylic acids is 1. The highest BCUT2D eigenvalue weighted by atomic mass is 16.6. The van der Waals surface area contributed by atoms with Crippen LogP contribution in [0.25, 0.3) is 0 Å². The van der Waals surface area contributed by atoms with E-state index in [-0.39, 0.29) is 23.8 Å². The first-order valence-corrected chi connectivity index (χ1v) is 6.14. The molecule has 0 spiro atoms. The third kappa shape index (κ3) is 4.11. The predicted molar refractivity (Wildman–Crippen MR) is 74.3 cm³/mol. The van der Waals surface area contributed by atoms with Crippen molar-refractivity contribution in [2.24, 2.45) is 5.92 Å². The summed E-state index contributed by atoms with van der Waals surface area (Å²) in [6.07, 6.45) is 0. The lowest BCUT2D eigenvalue weighted by Crippen LogP contribution is -2.33. The van der Waals surface area contributed by atoms with Gasteiger partial charge in [0.05, 0.1) is 18.1 Å². The van der Waals surface area contributed by atoms with Crippen LogP contribution in [0.2, 0.25) is 0 Å². The molecule has 0 saturated heterocycles. The summed E-state index contributed by atoms with van der Waals surface area (Å²) >= 11 is 0. The number of carboxylic acid groups (broad SMARTS) is 1. The molecule has 1 rings (SSSR count). The average molecular weight is 282 g/mol. The molecule has 0 saturated carbocycles. The molecule has 20 heavy (non-hydrogen) atoms. The molecule has 0 aromatic heterocycles. The predicted octanol–water partition coefficient (Wildman–Crippen LogP) is 2.15. The molecule has 0 aliphatic heterocycles. The van der Waals surface area contributed by atoms with Gasteiger partial charge < -0.3 is 14.7 Å². The van der Waals surface area contributed by atoms with Crippen molar-refractivity contribution in [1.29, 1.82) is 0 Å². The minimum absolute atomic E-state index is 0.161. The second kappa shape index (κ2) is 6.74. The number of hydrogen-bond acceptors (Lipinski definition) is 5. The second-order valence-electron chi connectivity index (χ2n) is 4.78. The number of nitrogens with zero attached hydrogens (tertiary/aromatic N) is 2. The first kappa shape index (κ1) is 15.7. The molecule has 0 amide bonds. The van der Waals surface area contributed by atoms with E-state index in [1.165, 1.54) is 24.1 Å². The molecule has 7 nitrogen and oxygen atoms in total. The topological polar surface area (TPSA) is 92.9 Å². The normalized spacial score (nSPS) is 10.4. The Morgan fingerprint density at radius 2 is 2.15 bits per heavy atom. The molecule has 1 aromatic carbocycles. The monoisotopic (exact) mass is 282 g/mol. The maximum atomic E-state index is 11.1. The van der Waals surface area contributed by atoms with Crippen molar-refractivity contribution < 1.29 is 19.6 Å². The third-order valence-corrected chi connectivity index (χ3v) is 2.63. The molecule has 0 aliphatic rings. The molecule has 0 unspecified atom stereocenters. The van der Waals surface area contributed by atoms with Gasteiger partial charge in [-0.1, -0.05) is 13.8 Å². The molecule has 0 radical (unpaired) electrons. The Balaban J connectivity index is 3.23. The van der Waals surface area contributed by atoms with Gasteiger partial charge in [0.15, 0.2) is 0 Å². The van der Waals surface area contributed by atoms with E-state index in [9.17, 15) is 14.9 Å². The van der Waals surface area contributed by atoms with Crippen molar-refractivity contribution in [3.8, 4) is 5.75 Å². The fourth-order valence-corrected chi connectivity index (χ4v) is 1.90. The van der Waals surface area contributed by atoms with Crippen LogP contribution in [-0.4, -0.2) is 36.2 Å². The summed E-state index contributed by atoms with van der Waals surface area (Å²) in [6, 6.07) is 4.39. The second-order valence-corrected chi connectivity index (χ2v) is 4.78. The van der Waals surface area contributed by atoms with Crippen molar-refractivity contribution >= 4 is 17.3 Å². The Labute approximate surface area is 116 Å². The fraction of sp³-hybridized carbons (Fsp3) is 0.462. The van der Waals surface area contributed by atoms with E-state index in [4.69, 9.17) is 9.84 Å². The third-order valence-electron chi connectivity index (χ3n) is 2.63. The largest absolute Gasteiger partial charge is 0.496 e. The number of benzene rings is 1. The number of nitro groups is 1. The van der Waals surface area contributed by atoms with Crippen LogP contribution in [0.1, 0.15) is 13.8 Å². The van der Waals surface area contributed by atoms with Gasteiger partial charge in [0.25, 0.3) is 5.69 Å². The van der Waals surface area contributed by atoms with Crippen LogP contribution in [0.5, 0.6) is 5.75 Å². The van der Waals surface area contributed by atoms with Crippen LogP contribution in [0, 0.1) is 16.0 Å². The summed E-state index contributed by atoms with van der Waals surface area (Å²) in [6.45, 7) is 3.97. The number of nitro benzene ring substituents is 1. The van der Waals surface area contributed by atoms with Crippen LogP contribution < -0.4 is 9.64 Å². The summed E-state index contributed by atoms with van der Waals surface area (Å²) < 4.78 is 4.96. The molecule has 1 N–H and O–H groups in total. The number of hydrogen-bond donors (Lipinski definition) is 1. The highest BCUT2D eigenvalue weighted by molar-refractivity contribution is 5.76.